The molecule has 0 aromatic rings. The van der Waals surface area contributed by atoms with E-state index in [4.69, 9.17) is 14.6 Å². The molecule has 0 aliphatic carbocycles. The summed E-state index contributed by atoms with van der Waals surface area (Å²) in [6.45, 7) is 1.58. The third kappa shape index (κ3) is 2.22. The Kier molecular flexibility index (Phi) is 4.24. The van der Waals surface area contributed by atoms with Gasteiger partial charge in [-0.3, -0.25) is 0 Å². The Bertz CT molecular complexity index is 171. The summed E-state index contributed by atoms with van der Waals surface area (Å²) in [5, 5.41) is 36.9. The van der Waals surface area contributed by atoms with Gasteiger partial charge in [-0.15, -0.1) is 0 Å². The molecule has 3 unspecified atom stereocenters. The number of aliphatic hydroxyl groups is 4. The average Bonchev–Trinajstić information content (AvgIpc) is 2.19. The minimum absolute atomic E-state index is 0.308. The summed E-state index contributed by atoms with van der Waals surface area (Å²) in [7, 11) is 0. The average molecular weight is 208 g/mol. The highest BCUT2D eigenvalue weighted by atomic mass is 16.7. The SMILES string of the molecule is CCO[C@@H]1OC(CO)[C@@H](O)C(O)C1O. The van der Waals surface area contributed by atoms with Crippen molar-refractivity contribution in [3.8, 4) is 0 Å². The monoisotopic (exact) mass is 208 g/mol. The molecule has 1 heterocycles. The first-order chi connectivity index (χ1) is 6.61. The first-order valence-corrected chi connectivity index (χ1v) is 4.54. The minimum Gasteiger partial charge on any atom is -0.394 e. The minimum atomic E-state index is -1.36. The van der Waals surface area contributed by atoms with Gasteiger partial charge in [0.2, 0.25) is 0 Å². The zero-order valence-electron chi connectivity index (χ0n) is 7.91. The summed E-state index contributed by atoms with van der Waals surface area (Å²) < 4.78 is 10.0. The summed E-state index contributed by atoms with van der Waals surface area (Å²) >= 11 is 0. The van der Waals surface area contributed by atoms with E-state index >= 15 is 0 Å². The Hall–Kier alpha value is -0.240. The van der Waals surface area contributed by atoms with Crippen molar-refractivity contribution in [2.24, 2.45) is 0 Å². The Morgan fingerprint density at radius 2 is 1.79 bits per heavy atom. The van der Waals surface area contributed by atoms with Crippen LogP contribution >= 0.6 is 0 Å². The number of rotatable bonds is 3. The third-order valence-electron chi connectivity index (χ3n) is 2.18. The Labute approximate surface area is 81.7 Å². The first kappa shape index (κ1) is 11.8. The van der Waals surface area contributed by atoms with E-state index in [1.165, 1.54) is 0 Å². The topological polar surface area (TPSA) is 99.4 Å². The van der Waals surface area contributed by atoms with E-state index in [0.717, 1.165) is 0 Å². The van der Waals surface area contributed by atoms with E-state index in [2.05, 4.69) is 0 Å². The van der Waals surface area contributed by atoms with E-state index < -0.39 is 37.3 Å². The maximum atomic E-state index is 9.41. The molecule has 1 rings (SSSR count). The highest BCUT2D eigenvalue weighted by Crippen LogP contribution is 2.21. The van der Waals surface area contributed by atoms with Crippen LogP contribution in [0.15, 0.2) is 0 Å². The van der Waals surface area contributed by atoms with Gasteiger partial charge >= 0.3 is 0 Å². The summed E-state index contributed by atoms with van der Waals surface area (Å²) in [6.07, 6.45) is -5.89. The van der Waals surface area contributed by atoms with Crippen molar-refractivity contribution >= 4 is 0 Å². The van der Waals surface area contributed by atoms with Crippen LogP contribution < -0.4 is 0 Å². The first-order valence-electron chi connectivity index (χ1n) is 4.54. The third-order valence-corrected chi connectivity index (χ3v) is 2.18. The molecule has 6 heteroatoms. The molecule has 0 aromatic heterocycles. The van der Waals surface area contributed by atoms with Crippen LogP contribution in [-0.4, -0.2) is 64.3 Å². The van der Waals surface area contributed by atoms with Crippen LogP contribution in [0, 0.1) is 0 Å². The van der Waals surface area contributed by atoms with Crippen LogP contribution in [0.1, 0.15) is 6.92 Å². The fraction of sp³-hybridized carbons (Fsp3) is 1.00. The molecule has 1 aliphatic heterocycles. The maximum Gasteiger partial charge on any atom is 0.186 e. The molecule has 0 saturated carbocycles. The number of ether oxygens (including phenoxy) is 2. The molecule has 14 heavy (non-hydrogen) atoms. The van der Waals surface area contributed by atoms with Crippen molar-refractivity contribution in [1.29, 1.82) is 0 Å². The Balaban J connectivity index is 2.63. The Morgan fingerprint density at radius 3 is 2.29 bits per heavy atom. The molecule has 0 amide bonds. The second-order valence-electron chi connectivity index (χ2n) is 3.15. The number of hydrogen-bond acceptors (Lipinski definition) is 6. The van der Waals surface area contributed by atoms with Crippen molar-refractivity contribution in [1.82, 2.24) is 0 Å². The van der Waals surface area contributed by atoms with Gasteiger partial charge in [-0.05, 0) is 6.92 Å². The predicted molar refractivity (Wildman–Crippen MR) is 45.4 cm³/mol. The van der Waals surface area contributed by atoms with Crippen molar-refractivity contribution < 1.29 is 29.9 Å². The highest BCUT2D eigenvalue weighted by molar-refractivity contribution is 4.88. The van der Waals surface area contributed by atoms with Crippen molar-refractivity contribution in [3.63, 3.8) is 0 Å². The molecule has 0 radical (unpaired) electrons. The van der Waals surface area contributed by atoms with Crippen molar-refractivity contribution in [2.75, 3.05) is 13.2 Å². The van der Waals surface area contributed by atoms with E-state index in [9.17, 15) is 15.3 Å². The lowest BCUT2D eigenvalue weighted by Gasteiger charge is -2.39. The molecule has 5 atom stereocenters. The van der Waals surface area contributed by atoms with Gasteiger partial charge in [0.05, 0.1) is 6.61 Å². The van der Waals surface area contributed by atoms with Gasteiger partial charge in [-0.1, -0.05) is 0 Å². The predicted octanol–water partition coefficient (Wildman–Crippen LogP) is -2.18. The van der Waals surface area contributed by atoms with Gasteiger partial charge in [0.1, 0.15) is 24.4 Å². The summed E-state index contributed by atoms with van der Waals surface area (Å²) in [6, 6.07) is 0. The van der Waals surface area contributed by atoms with E-state index in [1.807, 2.05) is 0 Å². The molecule has 1 aliphatic rings. The normalized spacial score (nSPS) is 43.9. The van der Waals surface area contributed by atoms with E-state index in [1.54, 1.807) is 6.92 Å². The van der Waals surface area contributed by atoms with Crippen LogP contribution in [0.5, 0.6) is 0 Å². The fourth-order valence-electron chi connectivity index (χ4n) is 1.37. The van der Waals surface area contributed by atoms with Gasteiger partial charge in [0.15, 0.2) is 6.29 Å². The maximum absolute atomic E-state index is 9.41. The lowest BCUT2D eigenvalue weighted by Crippen LogP contribution is -2.59. The smallest absolute Gasteiger partial charge is 0.186 e. The molecule has 1 saturated heterocycles. The molecule has 6 nitrogen and oxygen atoms in total. The van der Waals surface area contributed by atoms with Gasteiger partial charge in [-0.2, -0.15) is 0 Å². The zero-order valence-corrected chi connectivity index (χ0v) is 7.91. The zero-order chi connectivity index (χ0) is 10.7. The van der Waals surface area contributed by atoms with Crippen LogP contribution in [-0.2, 0) is 9.47 Å². The van der Waals surface area contributed by atoms with Crippen LogP contribution in [0.25, 0.3) is 0 Å². The van der Waals surface area contributed by atoms with Crippen LogP contribution in [0.4, 0.5) is 0 Å². The largest absolute Gasteiger partial charge is 0.394 e. The number of aliphatic hydroxyl groups excluding tert-OH is 4. The Morgan fingerprint density at radius 1 is 1.14 bits per heavy atom. The van der Waals surface area contributed by atoms with Crippen LogP contribution in [0.3, 0.4) is 0 Å². The van der Waals surface area contributed by atoms with Crippen molar-refractivity contribution in [2.45, 2.75) is 37.6 Å². The summed E-state index contributed by atoms with van der Waals surface area (Å²) in [5.74, 6) is 0. The number of hydrogen-bond donors (Lipinski definition) is 4. The van der Waals surface area contributed by atoms with Gasteiger partial charge < -0.3 is 29.9 Å². The second kappa shape index (κ2) is 5.01. The molecular weight excluding hydrogens is 192 g/mol. The standard InChI is InChI=1S/C8H16O6/c1-2-13-8-7(12)6(11)5(10)4(3-9)14-8/h4-12H,2-3H2,1H3/t4?,5-,6?,7?,8-/m1/s1. The van der Waals surface area contributed by atoms with Gasteiger partial charge in [0, 0.05) is 6.61 Å². The lowest BCUT2D eigenvalue weighted by molar-refractivity contribution is -0.300. The molecule has 84 valence electrons. The second-order valence-corrected chi connectivity index (χ2v) is 3.15. The lowest BCUT2D eigenvalue weighted by atomic mass is 9.99. The quantitative estimate of drug-likeness (QED) is 0.421. The summed E-state index contributed by atoms with van der Waals surface area (Å²) in [4.78, 5) is 0. The summed E-state index contributed by atoms with van der Waals surface area (Å²) in [5.41, 5.74) is 0. The molecule has 1 fully saturated rings. The van der Waals surface area contributed by atoms with Gasteiger partial charge in [0.25, 0.3) is 0 Å². The molecule has 0 bridgehead atoms. The van der Waals surface area contributed by atoms with Gasteiger partial charge in [-0.25, -0.2) is 0 Å². The molecule has 0 spiro atoms. The highest BCUT2D eigenvalue weighted by Gasteiger charge is 2.43. The van der Waals surface area contributed by atoms with E-state index in [0.29, 0.717) is 6.61 Å². The molecular formula is C8H16O6. The van der Waals surface area contributed by atoms with E-state index in [-0.39, 0.29) is 0 Å². The fourth-order valence-corrected chi connectivity index (χ4v) is 1.37. The van der Waals surface area contributed by atoms with Crippen LogP contribution in [0.2, 0.25) is 0 Å². The van der Waals surface area contributed by atoms with Crippen molar-refractivity contribution in [3.05, 3.63) is 0 Å². The molecule has 4 N–H and O–H groups in total. The molecule has 0 aromatic carbocycles.